The van der Waals surface area contributed by atoms with Gasteiger partial charge in [0.1, 0.15) is 6.61 Å². The Kier molecular flexibility index (Phi) is 5.63. The molecular formula is C13H17ClN2O3. The number of carbonyl (C=O) groups excluding carboxylic acids is 2. The Hall–Kier alpha value is -1.75. The first kappa shape index (κ1) is 15.3. The molecule has 1 amide bonds. The van der Waals surface area contributed by atoms with Gasteiger partial charge in [0.05, 0.1) is 12.0 Å². The molecule has 0 atom stereocenters. The lowest BCUT2D eigenvalue weighted by Crippen LogP contribution is -2.31. The minimum Gasteiger partial charge on any atom is -0.461 e. The third-order valence-corrected chi connectivity index (χ3v) is 2.48. The second kappa shape index (κ2) is 6.99. The molecule has 0 aliphatic rings. The third kappa shape index (κ3) is 5.18. The summed E-state index contributed by atoms with van der Waals surface area (Å²) in [4.78, 5) is 23.1. The molecule has 1 aromatic carbocycles. The van der Waals surface area contributed by atoms with Crippen molar-refractivity contribution in [1.29, 1.82) is 0 Å². The zero-order valence-electron chi connectivity index (χ0n) is 10.9. The van der Waals surface area contributed by atoms with Crippen LogP contribution in [-0.2, 0) is 9.53 Å². The highest BCUT2D eigenvalue weighted by molar-refractivity contribution is 6.31. The molecule has 0 aromatic heterocycles. The summed E-state index contributed by atoms with van der Waals surface area (Å²) >= 11 is 5.78. The molecule has 5 nitrogen and oxygen atoms in total. The summed E-state index contributed by atoms with van der Waals surface area (Å²) < 4.78 is 4.98. The van der Waals surface area contributed by atoms with Crippen molar-refractivity contribution in [3.63, 3.8) is 0 Å². The minimum atomic E-state index is -0.586. The van der Waals surface area contributed by atoms with E-state index >= 15 is 0 Å². The molecule has 0 fully saturated rings. The standard InChI is InChI=1S/C13H17ClN2O3/c1-8(2)16-12(17)5-6-19-13(18)10-7-9(14)3-4-11(10)15/h3-4,7-8H,5-6,15H2,1-2H3,(H,16,17). The first-order chi connectivity index (χ1) is 8.90. The summed E-state index contributed by atoms with van der Waals surface area (Å²) in [6.45, 7) is 3.72. The quantitative estimate of drug-likeness (QED) is 0.640. The van der Waals surface area contributed by atoms with Gasteiger partial charge >= 0.3 is 5.97 Å². The number of ether oxygens (including phenoxy) is 1. The Morgan fingerprint density at radius 3 is 2.74 bits per heavy atom. The lowest BCUT2D eigenvalue weighted by atomic mass is 10.2. The molecule has 19 heavy (non-hydrogen) atoms. The molecule has 0 saturated carbocycles. The fourth-order valence-electron chi connectivity index (χ4n) is 1.41. The van der Waals surface area contributed by atoms with Crippen molar-refractivity contribution in [3.05, 3.63) is 28.8 Å². The second-order valence-corrected chi connectivity index (χ2v) is 4.78. The molecule has 0 aliphatic carbocycles. The molecule has 0 heterocycles. The molecule has 0 spiro atoms. The summed E-state index contributed by atoms with van der Waals surface area (Å²) in [5.41, 5.74) is 6.15. The van der Waals surface area contributed by atoms with Gasteiger partial charge in [-0.05, 0) is 32.0 Å². The highest BCUT2D eigenvalue weighted by Crippen LogP contribution is 2.18. The topological polar surface area (TPSA) is 81.4 Å². The van der Waals surface area contributed by atoms with Crippen molar-refractivity contribution in [2.24, 2.45) is 0 Å². The average molecular weight is 285 g/mol. The lowest BCUT2D eigenvalue weighted by molar-refractivity contribution is -0.122. The summed E-state index contributed by atoms with van der Waals surface area (Å²) in [6, 6.07) is 4.62. The normalized spacial score (nSPS) is 10.3. The number of esters is 1. The monoisotopic (exact) mass is 284 g/mol. The number of nitrogens with two attached hydrogens (primary N) is 1. The van der Waals surface area contributed by atoms with E-state index in [1.54, 1.807) is 6.07 Å². The zero-order chi connectivity index (χ0) is 14.4. The maximum atomic E-state index is 11.7. The number of rotatable bonds is 5. The Labute approximate surface area is 117 Å². The number of nitrogens with one attached hydrogen (secondary N) is 1. The van der Waals surface area contributed by atoms with Crippen LogP contribution in [0.15, 0.2) is 18.2 Å². The number of carbonyl (C=O) groups is 2. The summed E-state index contributed by atoms with van der Waals surface area (Å²) in [6.07, 6.45) is 0.115. The lowest BCUT2D eigenvalue weighted by Gasteiger charge is -2.09. The fourth-order valence-corrected chi connectivity index (χ4v) is 1.59. The molecule has 6 heteroatoms. The largest absolute Gasteiger partial charge is 0.461 e. The molecule has 0 radical (unpaired) electrons. The van der Waals surface area contributed by atoms with Gasteiger partial charge in [0.25, 0.3) is 0 Å². The van der Waals surface area contributed by atoms with Gasteiger partial charge < -0.3 is 15.8 Å². The van der Waals surface area contributed by atoms with Crippen molar-refractivity contribution < 1.29 is 14.3 Å². The van der Waals surface area contributed by atoms with Gasteiger partial charge in [0.2, 0.25) is 5.91 Å². The van der Waals surface area contributed by atoms with E-state index in [0.717, 1.165) is 0 Å². The molecule has 1 rings (SSSR count). The molecule has 0 unspecified atom stereocenters. The fraction of sp³-hybridized carbons (Fsp3) is 0.385. The van der Waals surface area contributed by atoms with Crippen LogP contribution < -0.4 is 11.1 Å². The van der Waals surface area contributed by atoms with Gasteiger partial charge in [-0.3, -0.25) is 4.79 Å². The first-order valence-electron chi connectivity index (χ1n) is 5.91. The van der Waals surface area contributed by atoms with Crippen LogP contribution in [0, 0.1) is 0 Å². The smallest absolute Gasteiger partial charge is 0.340 e. The van der Waals surface area contributed by atoms with Gasteiger partial charge in [0, 0.05) is 16.8 Å². The number of hydrogen-bond acceptors (Lipinski definition) is 4. The first-order valence-corrected chi connectivity index (χ1v) is 6.29. The maximum absolute atomic E-state index is 11.7. The minimum absolute atomic E-state index is 0.00331. The maximum Gasteiger partial charge on any atom is 0.340 e. The Balaban J connectivity index is 2.48. The van der Waals surface area contributed by atoms with Crippen LogP contribution in [0.1, 0.15) is 30.6 Å². The van der Waals surface area contributed by atoms with Gasteiger partial charge in [-0.15, -0.1) is 0 Å². The van der Waals surface area contributed by atoms with Crippen LogP contribution in [0.4, 0.5) is 5.69 Å². The van der Waals surface area contributed by atoms with E-state index in [2.05, 4.69) is 5.32 Å². The molecule has 1 aromatic rings. The Morgan fingerprint density at radius 2 is 2.11 bits per heavy atom. The zero-order valence-corrected chi connectivity index (χ0v) is 11.7. The van der Waals surface area contributed by atoms with Crippen LogP contribution in [-0.4, -0.2) is 24.5 Å². The SMILES string of the molecule is CC(C)NC(=O)CCOC(=O)c1cc(Cl)ccc1N. The van der Waals surface area contributed by atoms with Crippen molar-refractivity contribution in [3.8, 4) is 0 Å². The van der Waals surface area contributed by atoms with Crippen LogP contribution in [0.3, 0.4) is 0 Å². The van der Waals surface area contributed by atoms with E-state index in [9.17, 15) is 9.59 Å². The molecule has 0 saturated heterocycles. The predicted molar refractivity (Wildman–Crippen MR) is 74.0 cm³/mol. The van der Waals surface area contributed by atoms with Gasteiger partial charge in [-0.1, -0.05) is 11.6 Å². The van der Waals surface area contributed by atoms with E-state index in [4.69, 9.17) is 22.1 Å². The van der Waals surface area contributed by atoms with E-state index in [0.29, 0.717) is 10.7 Å². The number of hydrogen-bond donors (Lipinski definition) is 2. The van der Waals surface area contributed by atoms with Crippen LogP contribution in [0.5, 0.6) is 0 Å². The predicted octanol–water partition coefficient (Wildman–Crippen LogP) is 1.99. The highest BCUT2D eigenvalue weighted by Gasteiger charge is 2.12. The highest BCUT2D eigenvalue weighted by atomic mass is 35.5. The number of anilines is 1. The van der Waals surface area contributed by atoms with Crippen LogP contribution in [0.2, 0.25) is 5.02 Å². The number of halogens is 1. The Bertz CT molecular complexity index is 475. The summed E-state index contributed by atoms with van der Waals surface area (Å²) in [5.74, 6) is -0.751. The second-order valence-electron chi connectivity index (χ2n) is 4.34. The number of amides is 1. The number of nitrogen functional groups attached to an aromatic ring is 1. The molecule has 0 aliphatic heterocycles. The summed E-state index contributed by atoms with van der Waals surface area (Å²) in [7, 11) is 0. The van der Waals surface area contributed by atoms with Crippen molar-refractivity contribution in [2.75, 3.05) is 12.3 Å². The van der Waals surface area contributed by atoms with Gasteiger partial charge in [0.15, 0.2) is 0 Å². The molecular weight excluding hydrogens is 268 g/mol. The van der Waals surface area contributed by atoms with Crippen molar-refractivity contribution in [1.82, 2.24) is 5.32 Å². The van der Waals surface area contributed by atoms with Gasteiger partial charge in [-0.2, -0.15) is 0 Å². The van der Waals surface area contributed by atoms with E-state index in [1.807, 2.05) is 13.8 Å². The van der Waals surface area contributed by atoms with E-state index in [1.165, 1.54) is 12.1 Å². The summed E-state index contributed by atoms with van der Waals surface area (Å²) in [5, 5.41) is 3.10. The average Bonchev–Trinajstić information content (AvgIpc) is 2.31. The van der Waals surface area contributed by atoms with Crippen molar-refractivity contribution in [2.45, 2.75) is 26.3 Å². The molecule has 104 valence electrons. The third-order valence-electron chi connectivity index (χ3n) is 2.25. The van der Waals surface area contributed by atoms with Crippen LogP contribution in [0.25, 0.3) is 0 Å². The molecule has 3 N–H and O–H groups in total. The van der Waals surface area contributed by atoms with Crippen molar-refractivity contribution >= 4 is 29.2 Å². The molecule has 0 bridgehead atoms. The number of benzene rings is 1. The van der Waals surface area contributed by atoms with E-state index < -0.39 is 5.97 Å². The Morgan fingerprint density at radius 1 is 1.42 bits per heavy atom. The van der Waals surface area contributed by atoms with Gasteiger partial charge in [-0.25, -0.2) is 4.79 Å². The van der Waals surface area contributed by atoms with E-state index in [-0.39, 0.29) is 30.5 Å². The van der Waals surface area contributed by atoms with Crippen LogP contribution >= 0.6 is 11.6 Å².